The first-order chi connectivity index (χ1) is 10.8. The molecule has 0 amide bonds. The zero-order chi connectivity index (χ0) is 17.0. The minimum absolute atomic E-state index is 0.0170. The van der Waals surface area contributed by atoms with E-state index in [1.165, 1.54) is 24.3 Å². The molecule has 0 bridgehead atoms. The smallest absolute Gasteiger partial charge is 0.339 e. The van der Waals surface area contributed by atoms with E-state index in [1.807, 2.05) is 0 Å². The second-order valence-corrected chi connectivity index (χ2v) is 6.77. The summed E-state index contributed by atoms with van der Waals surface area (Å²) in [4.78, 5) is 11.1. The molecule has 2 aromatic carbocycles. The van der Waals surface area contributed by atoms with E-state index in [2.05, 4.69) is 15.9 Å². The minimum Gasteiger partial charge on any atom is -0.490 e. The number of carboxylic acids is 1. The van der Waals surface area contributed by atoms with Crippen molar-refractivity contribution in [2.24, 2.45) is 0 Å². The Morgan fingerprint density at radius 2 is 1.87 bits per heavy atom. The number of carbonyl (C=O) groups is 1. The summed E-state index contributed by atoms with van der Waals surface area (Å²) in [6, 6.07) is 10.1. The van der Waals surface area contributed by atoms with Crippen LogP contribution in [0.5, 0.6) is 11.5 Å². The molecule has 6 nitrogen and oxygen atoms in total. The molecule has 0 unspecified atom stereocenters. The Morgan fingerprint density at radius 3 is 2.43 bits per heavy atom. The van der Waals surface area contributed by atoms with Crippen LogP contribution in [0.1, 0.15) is 17.3 Å². The van der Waals surface area contributed by atoms with Gasteiger partial charge in [0.2, 0.25) is 0 Å². The molecule has 0 aliphatic carbocycles. The number of ether oxygens (including phenoxy) is 1. The van der Waals surface area contributed by atoms with E-state index in [4.69, 9.17) is 14.0 Å². The molecule has 23 heavy (non-hydrogen) atoms. The molecule has 1 N–H and O–H groups in total. The van der Waals surface area contributed by atoms with Crippen LogP contribution in [0.3, 0.4) is 0 Å². The zero-order valence-electron chi connectivity index (χ0n) is 12.0. The fourth-order valence-corrected chi connectivity index (χ4v) is 3.39. The fraction of sp³-hybridized carbons (Fsp3) is 0.133. The molecule has 0 aromatic heterocycles. The van der Waals surface area contributed by atoms with Crippen LogP contribution < -0.4 is 8.92 Å². The molecule has 2 aromatic rings. The molecule has 0 radical (unpaired) electrons. The number of carboxylic acid groups (broad SMARTS) is 1. The van der Waals surface area contributed by atoms with Gasteiger partial charge in [-0.15, -0.1) is 0 Å². The lowest BCUT2D eigenvalue weighted by atomic mass is 10.2. The average Bonchev–Trinajstić information content (AvgIpc) is 2.51. The van der Waals surface area contributed by atoms with E-state index in [-0.39, 0.29) is 33.0 Å². The molecular weight excluding hydrogens is 388 g/mol. The highest BCUT2D eigenvalue weighted by Gasteiger charge is 2.23. The van der Waals surface area contributed by atoms with Gasteiger partial charge in [-0.25, -0.2) is 4.79 Å². The number of hydrogen-bond donors (Lipinski definition) is 1. The normalized spacial score (nSPS) is 11.0. The van der Waals surface area contributed by atoms with E-state index >= 15 is 0 Å². The first-order valence-electron chi connectivity index (χ1n) is 6.54. The maximum atomic E-state index is 12.3. The summed E-state index contributed by atoms with van der Waals surface area (Å²) in [6.07, 6.45) is 0. The standard InChI is InChI=1S/C15H13BrO6S/c1-2-21-13-9-10(15(17)18)8-12(16)14(13)22-23(19,20)11-6-4-3-5-7-11/h3-9H,2H2,1H3,(H,17,18). The van der Waals surface area contributed by atoms with Crippen molar-refractivity contribution in [1.82, 2.24) is 0 Å². The van der Waals surface area contributed by atoms with Crippen molar-refractivity contribution in [3.05, 3.63) is 52.5 Å². The monoisotopic (exact) mass is 400 g/mol. The van der Waals surface area contributed by atoms with Gasteiger partial charge in [0.25, 0.3) is 0 Å². The lowest BCUT2D eigenvalue weighted by molar-refractivity contribution is 0.0696. The predicted octanol–water partition coefficient (Wildman–Crippen LogP) is 3.31. The maximum absolute atomic E-state index is 12.3. The summed E-state index contributed by atoms with van der Waals surface area (Å²) in [7, 11) is -4.07. The Bertz CT molecular complexity index is 817. The van der Waals surface area contributed by atoms with Gasteiger partial charge < -0.3 is 14.0 Å². The molecule has 0 heterocycles. The fourth-order valence-electron chi connectivity index (χ4n) is 1.78. The van der Waals surface area contributed by atoms with Gasteiger partial charge in [0.15, 0.2) is 11.5 Å². The van der Waals surface area contributed by atoms with Crippen molar-refractivity contribution in [1.29, 1.82) is 0 Å². The molecule has 8 heteroatoms. The Kier molecular flexibility index (Phi) is 5.27. The Labute approximate surface area is 141 Å². The lowest BCUT2D eigenvalue weighted by Gasteiger charge is -2.14. The third kappa shape index (κ3) is 4.02. The third-order valence-electron chi connectivity index (χ3n) is 2.78. The van der Waals surface area contributed by atoms with Crippen LogP contribution in [0.15, 0.2) is 51.8 Å². The first-order valence-corrected chi connectivity index (χ1v) is 8.74. The highest BCUT2D eigenvalue weighted by molar-refractivity contribution is 9.10. The van der Waals surface area contributed by atoms with Crippen molar-refractivity contribution >= 4 is 32.0 Å². The van der Waals surface area contributed by atoms with Crippen molar-refractivity contribution in [2.75, 3.05) is 6.61 Å². The predicted molar refractivity (Wildman–Crippen MR) is 86.5 cm³/mol. The van der Waals surface area contributed by atoms with Crippen LogP contribution in [0.2, 0.25) is 0 Å². The van der Waals surface area contributed by atoms with E-state index in [0.717, 1.165) is 0 Å². The number of benzene rings is 2. The zero-order valence-corrected chi connectivity index (χ0v) is 14.4. The average molecular weight is 401 g/mol. The molecule has 0 aliphatic heterocycles. The van der Waals surface area contributed by atoms with E-state index in [9.17, 15) is 13.2 Å². The second-order valence-electron chi connectivity index (χ2n) is 4.37. The maximum Gasteiger partial charge on any atom is 0.339 e. The van der Waals surface area contributed by atoms with Crippen LogP contribution in [-0.2, 0) is 10.1 Å². The molecule has 0 spiro atoms. The van der Waals surface area contributed by atoms with Gasteiger partial charge in [-0.3, -0.25) is 0 Å². The van der Waals surface area contributed by atoms with Gasteiger partial charge in [0.05, 0.1) is 16.6 Å². The summed E-state index contributed by atoms with van der Waals surface area (Å²) in [6.45, 7) is 1.91. The van der Waals surface area contributed by atoms with Gasteiger partial charge in [0.1, 0.15) is 4.90 Å². The molecule has 0 saturated carbocycles. The first kappa shape index (κ1) is 17.3. The molecular formula is C15H13BrO6S. The van der Waals surface area contributed by atoms with Gasteiger partial charge in [-0.05, 0) is 47.1 Å². The minimum atomic E-state index is -4.07. The Hall–Kier alpha value is -2.06. The van der Waals surface area contributed by atoms with Crippen LogP contribution in [0.25, 0.3) is 0 Å². The second kappa shape index (κ2) is 7.01. The van der Waals surface area contributed by atoms with Crippen molar-refractivity contribution in [3.8, 4) is 11.5 Å². The Morgan fingerprint density at radius 1 is 1.22 bits per heavy atom. The van der Waals surface area contributed by atoms with Gasteiger partial charge in [-0.2, -0.15) is 8.42 Å². The number of aromatic carboxylic acids is 1. The largest absolute Gasteiger partial charge is 0.490 e. The molecule has 2 rings (SSSR count). The molecule has 0 atom stereocenters. The highest BCUT2D eigenvalue weighted by atomic mass is 79.9. The number of hydrogen-bond acceptors (Lipinski definition) is 5. The highest BCUT2D eigenvalue weighted by Crippen LogP contribution is 2.38. The van der Waals surface area contributed by atoms with E-state index < -0.39 is 16.1 Å². The van der Waals surface area contributed by atoms with Gasteiger partial charge in [0, 0.05) is 0 Å². The summed E-state index contributed by atoms with van der Waals surface area (Å²) < 4.78 is 35.2. The topological polar surface area (TPSA) is 89.9 Å². The van der Waals surface area contributed by atoms with Crippen LogP contribution in [-0.4, -0.2) is 26.1 Å². The summed E-state index contributed by atoms with van der Waals surface area (Å²) in [5, 5.41) is 9.07. The summed E-state index contributed by atoms with van der Waals surface area (Å²) >= 11 is 3.13. The van der Waals surface area contributed by atoms with Crippen LogP contribution in [0, 0.1) is 0 Å². The van der Waals surface area contributed by atoms with E-state index in [1.54, 1.807) is 25.1 Å². The third-order valence-corrected chi connectivity index (χ3v) is 4.61. The quantitative estimate of drug-likeness (QED) is 0.747. The molecule has 122 valence electrons. The lowest BCUT2D eigenvalue weighted by Crippen LogP contribution is -2.11. The molecule has 0 aliphatic rings. The molecule has 0 fully saturated rings. The molecule has 0 saturated heterocycles. The summed E-state index contributed by atoms with van der Waals surface area (Å²) in [5.74, 6) is -1.23. The van der Waals surface area contributed by atoms with Crippen molar-refractivity contribution in [2.45, 2.75) is 11.8 Å². The Balaban J connectivity index is 2.49. The summed E-state index contributed by atoms with van der Waals surface area (Å²) in [5.41, 5.74) is -0.0511. The van der Waals surface area contributed by atoms with Gasteiger partial charge >= 0.3 is 16.1 Å². The van der Waals surface area contributed by atoms with Crippen molar-refractivity contribution < 1.29 is 27.2 Å². The SMILES string of the molecule is CCOc1cc(C(=O)O)cc(Br)c1OS(=O)(=O)c1ccccc1. The van der Waals surface area contributed by atoms with Crippen LogP contribution in [0.4, 0.5) is 0 Å². The number of rotatable bonds is 6. The number of halogens is 1. The van der Waals surface area contributed by atoms with Crippen molar-refractivity contribution in [3.63, 3.8) is 0 Å². The van der Waals surface area contributed by atoms with Gasteiger partial charge in [-0.1, -0.05) is 18.2 Å². The van der Waals surface area contributed by atoms with Crippen LogP contribution >= 0.6 is 15.9 Å². The van der Waals surface area contributed by atoms with E-state index in [0.29, 0.717) is 0 Å².